The average Bonchev–Trinajstić information content (AvgIpc) is 2.75. The van der Waals surface area contributed by atoms with Crippen LogP contribution in [0.3, 0.4) is 0 Å². The number of benzene rings is 2. The molecule has 2 aromatic rings. The molecule has 1 atom stereocenters. The number of carbonyl (C=O) groups is 3. The third-order valence-corrected chi connectivity index (χ3v) is 4.56. The molecule has 1 unspecified atom stereocenters. The maximum Gasteiger partial charge on any atom is 0.424 e. The molecule has 0 radical (unpaired) electrons. The van der Waals surface area contributed by atoms with Gasteiger partial charge >= 0.3 is 18.1 Å². The third-order valence-electron chi connectivity index (χ3n) is 4.56. The second kappa shape index (κ2) is 9.40. The lowest BCUT2D eigenvalue weighted by Crippen LogP contribution is -2.53. The molecule has 0 aromatic heterocycles. The van der Waals surface area contributed by atoms with Gasteiger partial charge in [0.15, 0.2) is 11.6 Å². The van der Waals surface area contributed by atoms with Crippen LogP contribution in [0, 0.1) is 21.7 Å². The van der Waals surface area contributed by atoms with E-state index in [0.717, 1.165) is 30.3 Å². The predicted octanol–water partition coefficient (Wildman–Crippen LogP) is 3.12. The fourth-order valence-electron chi connectivity index (χ4n) is 3.14. The molecule has 11 nitrogen and oxygen atoms in total. The molecule has 0 saturated heterocycles. The number of carboxylic acids is 1. The van der Waals surface area contributed by atoms with Crippen LogP contribution in [0.5, 0.6) is 5.75 Å². The number of hydrogen-bond donors (Lipinski definition) is 2. The van der Waals surface area contributed by atoms with E-state index in [2.05, 4.69) is 5.32 Å². The van der Waals surface area contributed by atoms with Gasteiger partial charge in [-0.3, -0.25) is 10.1 Å². The third kappa shape index (κ3) is 4.77. The Morgan fingerprint density at radius 2 is 1.85 bits per heavy atom. The SMILES string of the molecule is COCC1=C(C(=O)O)C(c2ccc(F)c(F)c2)N(C(=O)Oc2ccc([N+](=O)[O-])cc2)C(=O)N1. The Morgan fingerprint density at radius 3 is 2.39 bits per heavy atom. The zero-order valence-corrected chi connectivity index (χ0v) is 16.8. The number of halogens is 2. The maximum absolute atomic E-state index is 13.9. The van der Waals surface area contributed by atoms with E-state index in [0.29, 0.717) is 17.0 Å². The molecule has 3 rings (SSSR count). The monoisotopic (exact) mass is 463 g/mol. The number of carboxylic acid groups (broad SMARTS) is 1. The largest absolute Gasteiger partial charge is 0.478 e. The molecule has 0 fully saturated rings. The van der Waals surface area contributed by atoms with Crippen molar-refractivity contribution in [2.45, 2.75) is 6.04 Å². The number of rotatable bonds is 6. The first-order valence-corrected chi connectivity index (χ1v) is 9.10. The van der Waals surface area contributed by atoms with Gasteiger partial charge in [-0.1, -0.05) is 6.07 Å². The van der Waals surface area contributed by atoms with E-state index in [1.54, 1.807) is 0 Å². The van der Waals surface area contributed by atoms with Crippen molar-refractivity contribution in [3.63, 3.8) is 0 Å². The number of nitro groups is 1. The van der Waals surface area contributed by atoms with E-state index in [1.807, 2.05) is 0 Å². The smallest absolute Gasteiger partial charge is 0.424 e. The summed E-state index contributed by atoms with van der Waals surface area (Å²) in [6, 6.07) is 3.83. The number of ether oxygens (including phenoxy) is 2. The average molecular weight is 463 g/mol. The number of carbonyl (C=O) groups excluding carboxylic acids is 2. The lowest BCUT2D eigenvalue weighted by molar-refractivity contribution is -0.384. The summed E-state index contributed by atoms with van der Waals surface area (Å²) in [5.74, 6) is -4.31. The van der Waals surface area contributed by atoms with Crippen molar-refractivity contribution in [1.82, 2.24) is 10.2 Å². The van der Waals surface area contributed by atoms with Gasteiger partial charge in [-0.05, 0) is 29.8 Å². The molecule has 0 bridgehead atoms. The lowest BCUT2D eigenvalue weighted by Gasteiger charge is -2.35. The van der Waals surface area contributed by atoms with Crippen molar-refractivity contribution in [3.8, 4) is 5.75 Å². The number of urea groups is 1. The predicted molar refractivity (Wildman–Crippen MR) is 105 cm³/mol. The molecule has 3 amide bonds. The minimum Gasteiger partial charge on any atom is -0.478 e. The van der Waals surface area contributed by atoms with E-state index in [4.69, 9.17) is 9.47 Å². The first-order valence-electron chi connectivity index (χ1n) is 9.10. The summed E-state index contributed by atoms with van der Waals surface area (Å²) in [6.45, 7) is -0.362. The number of nitrogens with one attached hydrogen (secondary N) is 1. The Kier molecular flexibility index (Phi) is 6.63. The normalized spacial score (nSPS) is 15.8. The van der Waals surface area contributed by atoms with Crippen molar-refractivity contribution < 1.29 is 42.7 Å². The molecular formula is C20H15F2N3O8. The van der Waals surface area contributed by atoms with E-state index in [-0.39, 0.29) is 29.3 Å². The number of imide groups is 1. The molecule has 1 aliphatic heterocycles. The van der Waals surface area contributed by atoms with Crippen molar-refractivity contribution in [2.24, 2.45) is 0 Å². The minimum atomic E-state index is -1.71. The van der Waals surface area contributed by atoms with E-state index >= 15 is 0 Å². The van der Waals surface area contributed by atoms with E-state index in [1.165, 1.54) is 7.11 Å². The highest BCUT2D eigenvalue weighted by Crippen LogP contribution is 2.35. The van der Waals surface area contributed by atoms with Gasteiger partial charge < -0.3 is 19.9 Å². The number of hydrogen-bond acceptors (Lipinski definition) is 7. The molecule has 2 N–H and O–H groups in total. The van der Waals surface area contributed by atoms with Crippen molar-refractivity contribution in [3.05, 3.63) is 81.0 Å². The number of amides is 3. The second-order valence-electron chi connectivity index (χ2n) is 6.63. The van der Waals surface area contributed by atoms with Crippen LogP contribution >= 0.6 is 0 Å². The van der Waals surface area contributed by atoms with Crippen molar-refractivity contribution >= 4 is 23.8 Å². The van der Waals surface area contributed by atoms with Gasteiger partial charge in [-0.15, -0.1) is 0 Å². The van der Waals surface area contributed by atoms with Crippen LogP contribution in [0.2, 0.25) is 0 Å². The summed E-state index contributed by atoms with van der Waals surface area (Å²) < 4.78 is 37.4. The molecule has 0 aliphatic carbocycles. The van der Waals surface area contributed by atoms with Gasteiger partial charge in [0.1, 0.15) is 11.8 Å². The summed E-state index contributed by atoms with van der Waals surface area (Å²) in [4.78, 5) is 48.1. The van der Waals surface area contributed by atoms with Gasteiger partial charge in [-0.2, -0.15) is 0 Å². The fourth-order valence-corrected chi connectivity index (χ4v) is 3.14. The quantitative estimate of drug-likeness (QED) is 0.490. The zero-order chi connectivity index (χ0) is 24.3. The summed E-state index contributed by atoms with van der Waals surface area (Å²) in [7, 11) is 1.24. The molecule has 2 aromatic carbocycles. The summed E-state index contributed by atoms with van der Waals surface area (Å²) >= 11 is 0. The van der Waals surface area contributed by atoms with Crippen LogP contribution in [-0.4, -0.2) is 46.7 Å². The molecule has 0 saturated carbocycles. The topological polar surface area (TPSA) is 148 Å². The van der Waals surface area contributed by atoms with E-state index < -0.39 is 46.3 Å². The number of aliphatic carboxylic acids is 1. The summed E-state index contributed by atoms with van der Waals surface area (Å²) in [5, 5.41) is 22.8. The second-order valence-corrected chi connectivity index (χ2v) is 6.63. The van der Waals surface area contributed by atoms with Crippen LogP contribution in [0.25, 0.3) is 0 Å². The number of nitro benzene ring substituents is 1. The zero-order valence-electron chi connectivity index (χ0n) is 16.8. The van der Waals surface area contributed by atoms with Gasteiger partial charge in [0.25, 0.3) is 5.69 Å². The lowest BCUT2D eigenvalue weighted by atomic mass is 9.93. The van der Waals surface area contributed by atoms with Gasteiger partial charge in [-0.25, -0.2) is 28.1 Å². The van der Waals surface area contributed by atoms with Crippen LogP contribution in [0.1, 0.15) is 11.6 Å². The highest BCUT2D eigenvalue weighted by molar-refractivity contribution is 6.00. The highest BCUT2D eigenvalue weighted by Gasteiger charge is 2.43. The van der Waals surface area contributed by atoms with Crippen LogP contribution in [-0.2, 0) is 9.53 Å². The molecule has 1 aliphatic rings. The van der Waals surface area contributed by atoms with Crippen LogP contribution in [0.4, 0.5) is 24.1 Å². The first-order chi connectivity index (χ1) is 15.6. The number of methoxy groups -OCH3 is 1. The fraction of sp³-hybridized carbons (Fsp3) is 0.150. The van der Waals surface area contributed by atoms with Crippen molar-refractivity contribution in [1.29, 1.82) is 0 Å². The van der Waals surface area contributed by atoms with Crippen molar-refractivity contribution in [2.75, 3.05) is 13.7 Å². The Hall–Kier alpha value is -4.39. The highest BCUT2D eigenvalue weighted by atomic mass is 19.2. The molecular weight excluding hydrogens is 448 g/mol. The molecule has 1 heterocycles. The summed E-state index contributed by atoms with van der Waals surface area (Å²) in [5.41, 5.74) is -1.26. The van der Waals surface area contributed by atoms with Crippen LogP contribution in [0.15, 0.2) is 53.7 Å². The molecule has 172 valence electrons. The van der Waals surface area contributed by atoms with Gasteiger partial charge in [0, 0.05) is 19.2 Å². The molecule has 0 spiro atoms. The number of non-ortho nitro benzene ring substituents is 1. The van der Waals surface area contributed by atoms with E-state index in [9.17, 15) is 38.4 Å². The van der Waals surface area contributed by atoms with Gasteiger partial charge in [0.05, 0.1) is 22.8 Å². The van der Waals surface area contributed by atoms with Gasteiger partial charge in [0.2, 0.25) is 0 Å². The standard InChI is InChI=1S/C20H15F2N3O8/c1-32-9-15-16(18(26)27)17(10-2-7-13(21)14(22)8-10)24(19(28)23-15)20(29)33-12-5-3-11(4-6-12)25(30)31/h2-8,17H,9H2,1H3,(H,23,28)(H,26,27). The minimum absolute atomic E-state index is 0.189. The molecule has 33 heavy (non-hydrogen) atoms. The summed E-state index contributed by atoms with van der Waals surface area (Å²) in [6.07, 6.45) is -1.37. The Labute approximate surface area is 184 Å². The number of nitrogens with zero attached hydrogens (tertiary/aromatic N) is 2. The maximum atomic E-state index is 13.9. The Bertz CT molecular complexity index is 1170. The molecule has 13 heteroatoms. The van der Waals surface area contributed by atoms with Crippen LogP contribution < -0.4 is 10.1 Å². The Morgan fingerprint density at radius 1 is 1.18 bits per heavy atom. The Balaban J connectivity index is 2.07. The first kappa shape index (κ1) is 23.3.